The minimum absolute atomic E-state index is 0.246. The van der Waals surface area contributed by atoms with Crippen LogP contribution < -0.4 is 5.32 Å². The third-order valence-corrected chi connectivity index (χ3v) is 5.18. The molecule has 1 amide bonds. The highest BCUT2D eigenvalue weighted by Gasteiger charge is 2.28. The minimum atomic E-state index is 0.246. The lowest BCUT2D eigenvalue weighted by molar-refractivity contribution is -0.134. The van der Waals surface area contributed by atoms with E-state index in [-0.39, 0.29) is 11.9 Å². The highest BCUT2D eigenvalue weighted by molar-refractivity contribution is 5.78. The van der Waals surface area contributed by atoms with Gasteiger partial charge < -0.3 is 10.2 Å². The molecule has 0 saturated carbocycles. The number of rotatable bonds is 3. The van der Waals surface area contributed by atoms with E-state index in [9.17, 15) is 4.79 Å². The Morgan fingerprint density at radius 2 is 2.23 bits per heavy atom. The highest BCUT2D eigenvalue weighted by Crippen LogP contribution is 2.33. The number of hydrogen-bond acceptors (Lipinski definition) is 3. The monoisotopic (exact) mass is 301 g/mol. The fourth-order valence-electron chi connectivity index (χ4n) is 3.71. The summed E-state index contributed by atoms with van der Waals surface area (Å²) in [4.78, 5) is 17.0. The number of nitrogens with zero attached hydrogens (tertiary/aromatic N) is 2. The van der Waals surface area contributed by atoms with Gasteiger partial charge in [-0.2, -0.15) is 0 Å². The van der Waals surface area contributed by atoms with E-state index in [1.54, 1.807) is 0 Å². The smallest absolute Gasteiger partial charge is 0.237 e. The van der Waals surface area contributed by atoms with E-state index in [0.717, 1.165) is 32.5 Å². The number of nitrogens with one attached hydrogen (secondary N) is 1. The molecule has 1 N–H and O–H groups in total. The van der Waals surface area contributed by atoms with E-state index in [1.165, 1.54) is 17.5 Å². The molecule has 1 saturated heterocycles. The zero-order valence-corrected chi connectivity index (χ0v) is 13.7. The van der Waals surface area contributed by atoms with Gasteiger partial charge in [-0.25, -0.2) is 0 Å². The summed E-state index contributed by atoms with van der Waals surface area (Å²) in [6.07, 6.45) is 3.39. The van der Waals surface area contributed by atoms with Gasteiger partial charge in [-0.15, -0.1) is 0 Å². The molecule has 1 aliphatic heterocycles. The second-order valence-corrected chi connectivity index (χ2v) is 6.64. The van der Waals surface area contributed by atoms with Crippen LogP contribution in [0.1, 0.15) is 36.9 Å². The molecule has 1 heterocycles. The van der Waals surface area contributed by atoms with Crippen molar-refractivity contribution in [3.8, 4) is 0 Å². The van der Waals surface area contributed by atoms with Gasteiger partial charge in [0.1, 0.15) is 0 Å². The Morgan fingerprint density at radius 3 is 3.05 bits per heavy atom. The quantitative estimate of drug-likeness (QED) is 0.925. The molecule has 2 aliphatic rings. The molecule has 1 fully saturated rings. The second kappa shape index (κ2) is 6.80. The lowest BCUT2D eigenvalue weighted by atomic mass is 9.87. The Hall–Kier alpha value is -1.39. The first-order valence-electron chi connectivity index (χ1n) is 8.45. The predicted octanol–water partition coefficient (Wildman–Crippen LogP) is 1.82. The van der Waals surface area contributed by atoms with Crippen LogP contribution in [0.15, 0.2) is 24.3 Å². The Balaban J connectivity index is 1.68. The summed E-state index contributed by atoms with van der Waals surface area (Å²) < 4.78 is 0. The van der Waals surface area contributed by atoms with Crippen molar-refractivity contribution in [3.05, 3.63) is 35.4 Å². The van der Waals surface area contributed by atoms with Crippen molar-refractivity contribution in [1.29, 1.82) is 0 Å². The lowest BCUT2D eigenvalue weighted by Gasteiger charge is -2.37. The van der Waals surface area contributed by atoms with Crippen LogP contribution in [0.3, 0.4) is 0 Å². The molecule has 4 nitrogen and oxygen atoms in total. The van der Waals surface area contributed by atoms with Crippen molar-refractivity contribution in [1.82, 2.24) is 15.1 Å². The number of fused-ring (bicyclic) bond motifs is 1. The van der Waals surface area contributed by atoms with Gasteiger partial charge in [0, 0.05) is 32.7 Å². The van der Waals surface area contributed by atoms with Gasteiger partial charge in [0.15, 0.2) is 0 Å². The lowest BCUT2D eigenvalue weighted by Crippen LogP contribution is -2.53. The van der Waals surface area contributed by atoms with Gasteiger partial charge in [-0.3, -0.25) is 9.69 Å². The first-order chi connectivity index (χ1) is 10.7. The summed E-state index contributed by atoms with van der Waals surface area (Å²) in [6, 6.07) is 9.27. The van der Waals surface area contributed by atoms with Crippen LogP contribution in [0.4, 0.5) is 0 Å². The summed E-state index contributed by atoms with van der Waals surface area (Å²) in [7, 11) is 1.97. The van der Waals surface area contributed by atoms with Crippen molar-refractivity contribution >= 4 is 5.91 Å². The minimum Gasteiger partial charge on any atom is -0.338 e. The van der Waals surface area contributed by atoms with Crippen LogP contribution in [0.2, 0.25) is 0 Å². The number of amides is 1. The fraction of sp³-hybridized carbons (Fsp3) is 0.611. The van der Waals surface area contributed by atoms with Gasteiger partial charge in [0.25, 0.3) is 0 Å². The molecular weight excluding hydrogens is 274 g/mol. The molecule has 1 aliphatic carbocycles. The normalized spacial score (nSPS) is 25.5. The van der Waals surface area contributed by atoms with Crippen LogP contribution in [0.5, 0.6) is 0 Å². The van der Waals surface area contributed by atoms with E-state index in [1.807, 2.05) is 11.9 Å². The molecule has 1 aromatic rings. The number of carbonyl (C=O) groups is 1. The number of piperazine rings is 1. The molecule has 0 bridgehead atoms. The van der Waals surface area contributed by atoms with Crippen LogP contribution >= 0.6 is 0 Å². The van der Waals surface area contributed by atoms with Crippen molar-refractivity contribution < 1.29 is 4.79 Å². The Bertz CT molecular complexity index is 531. The van der Waals surface area contributed by atoms with Gasteiger partial charge in [-0.05, 0) is 37.3 Å². The molecule has 120 valence electrons. The Labute approximate surface area is 133 Å². The van der Waals surface area contributed by atoms with Crippen molar-refractivity contribution in [2.24, 2.45) is 0 Å². The number of benzene rings is 1. The largest absolute Gasteiger partial charge is 0.338 e. The maximum absolute atomic E-state index is 12.7. The number of carbonyl (C=O) groups excluding carboxylic acids is 1. The zero-order chi connectivity index (χ0) is 15.5. The van der Waals surface area contributed by atoms with E-state index in [4.69, 9.17) is 0 Å². The average molecular weight is 301 g/mol. The number of hydrogen-bond donors (Lipinski definition) is 1. The van der Waals surface area contributed by atoms with E-state index >= 15 is 0 Å². The van der Waals surface area contributed by atoms with Gasteiger partial charge in [-0.1, -0.05) is 24.3 Å². The number of aryl methyl sites for hydroxylation is 1. The fourth-order valence-corrected chi connectivity index (χ4v) is 3.71. The van der Waals surface area contributed by atoms with Crippen molar-refractivity contribution in [2.45, 2.75) is 38.3 Å². The molecule has 0 aromatic heterocycles. The van der Waals surface area contributed by atoms with Crippen molar-refractivity contribution in [2.75, 3.05) is 33.2 Å². The molecule has 3 rings (SSSR count). The van der Waals surface area contributed by atoms with Gasteiger partial charge in [0.05, 0.1) is 12.6 Å². The second-order valence-electron chi connectivity index (χ2n) is 6.64. The van der Waals surface area contributed by atoms with E-state index in [2.05, 4.69) is 41.4 Å². The van der Waals surface area contributed by atoms with Crippen molar-refractivity contribution in [3.63, 3.8) is 0 Å². The molecule has 1 unspecified atom stereocenters. The standard InChI is InChI=1S/C18H27N3O/c1-14-12-19-10-11-21(14)13-18(22)20(2)17-9-5-7-15-6-3-4-8-16(15)17/h3-4,6,8,14,17,19H,5,7,9-13H2,1-2H3/t14-,17?/m1/s1. The van der Waals surface area contributed by atoms with Gasteiger partial charge in [0.2, 0.25) is 5.91 Å². The Morgan fingerprint density at radius 1 is 1.41 bits per heavy atom. The molecule has 0 radical (unpaired) electrons. The molecule has 22 heavy (non-hydrogen) atoms. The molecule has 1 aromatic carbocycles. The zero-order valence-electron chi connectivity index (χ0n) is 13.7. The average Bonchev–Trinajstić information content (AvgIpc) is 2.55. The third kappa shape index (κ3) is 3.18. The Kier molecular flexibility index (Phi) is 4.79. The van der Waals surface area contributed by atoms with Crippen LogP contribution in [-0.2, 0) is 11.2 Å². The number of likely N-dealkylation sites (N-methyl/N-ethyl adjacent to an activating group) is 1. The molecule has 0 spiro atoms. The van der Waals surface area contributed by atoms with Crippen LogP contribution in [0.25, 0.3) is 0 Å². The third-order valence-electron chi connectivity index (χ3n) is 5.18. The predicted molar refractivity (Wildman–Crippen MR) is 88.8 cm³/mol. The first-order valence-corrected chi connectivity index (χ1v) is 8.45. The molecular formula is C18H27N3O. The van der Waals surface area contributed by atoms with E-state index in [0.29, 0.717) is 12.6 Å². The summed E-state index contributed by atoms with van der Waals surface area (Å²) in [5.74, 6) is 0.246. The van der Waals surface area contributed by atoms with Crippen LogP contribution in [-0.4, -0.2) is 55.0 Å². The SMILES string of the molecule is C[C@@H]1CNCCN1CC(=O)N(C)C1CCCc2ccccc21. The summed E-state index contributed by atoms with van der Waals surface area (Å²) in [5, 5.41) is 3.38. The summed E-state index contributed by atoms with van der Waals surface area (Å²) >= 11 is 0. The maximum atomic E-state index is 12.7. The summed E-state index contributed by atoms with van der Waals surface area (Å²) in [5.41, 5.74) is 2.76. The first kappa shape index (κ1) is 15.5. The highest BCUT2D eigenvalue weighted by atomic mass is 16.2. The maximum Gasteiger partial charge on any atom is 0.237 e. The molecule has 4 heteroatoms. The summed E-state index contributed by atoms with van der Waals surface area (Å²) in [6.45, 7) is 5.65. The molecule has 2 atom stereocenters. The van der Waals surface area contributed by atoms with E-state index < -0.39 is 0 Å². The van der Waals surface area contributed by atoms with Gasteiger partial charge >= 0.3 is 0 Å². The van der Waals surface area contributed by atoms with Crippen LogP contribution in [0, 0.1) is 0 Å². The topological polar surface area (TPSA) is 35.6 Å².